The molecule has 8 heteroatoms. The van der Waals surface area contributed by atoms with Crippen LogP contribution in [0.5, 0.6) is 0 Å². The van der Waals surface area contributed by atoms with E-state index in [0.29, 0.717) is 25.0 Å². The topological polar surface area (TPSA) is 106 Å². The van der Waals surface area contributed by atoms with Gasteiger partial charge < -0.3 is 10.4 Å². The third-order valence-electron chi connectivity index (χ3n) is 2.92. The maximum atomic E-state index is 11.9. The average Bonchev–Trinajstić information content (AvgIpc) is 2.75. The van der Waals surface area contributed by atoms with E-state index in [9.17, 15) is 14.4 Å². The van der Waals surface area contributed by atoms with Crippen molar-refractivity contribution in [2.45, 2.75) is 25.8 Å². The number of fused-ring (bicyclic) bond motifs is 1. The van der Waals surface area contributed by atoms with Crippen LogP contribution in [-0.2, 0) is 16.1 Å². The van der Waals surface area contributed by atoms with Gasteiger partial charge in [0.15, 0.2) is 5.65 Å². The molecule has 112 valence electrons. The van der Waals surface area contributed by atoms with Crippen molar-refractivity contribution in [1.82, 2.24) is 19.5 Å². The van der Waals surface area contributed by atoms with Gasteiger partial charge in [-0.25, -0.2) is 9.48 Å². The minimum absolute atomic E-state index is 0.0851. The van der Waals surface area contributed by atoms with E-state index in [0.717, 1.165) is 4.68 Å². The third-order valence-corrected chi connectivity index (χ3v) is 2.92. The van der Waals surface area contributed by atoms with E-state index in [1.165, 1.54) is 4.40 Å². The van der Waals surface area contributed by atoms with Gasteiger partial charge >= 0.3 is 11.7 Å². The Bertz CT molecular complexity index is 704. The lowest BCUT2D eigenvalue weighted by Crippen LogP contribution is -2.33. The second kappa shape index (κ2) is 6.69. The molecule has 2 N–H and O–H groups in total. The number of pyridine rings is 1. The van der Waals surface area contributed by atoms with E-state index in [-0.39, 0.29) is 24.6 Å². The summed E-state index contributed by atoms with van der Waals surface area (Å²) in [7, 11) is 0. The maximum Gasteiger partial charge on any atom is 0.350 e. The molecule has 21 heavy (non-hydrogen) atoms. The summed E-state index contributed by atoms with van der Waals surface area (Å²) in [6.07, 6.45) is 2.76. The Morgan fingerprint density at radius 1 is 1.29 bits per heavy atom. The van der Waals surface area contributed by atoms with E-state index in [1.54, 1.807) is 24.4 Å². The van der Waals surface area contributed by atoms with Crippen molar-refractivity contribution < 1.29 is 14.7 Å². The minimum atomic E-state index is -0.849. The zero-order valence-corrected chi connectivity index (χ0v) is 11.4. The van der Waals surface area contributed by atoms with Crippen LogP contribution in [0.2, 0.25) is 0 Å². The highest BCUT2D eigenvalue weighted by atomic mass is 16.4. The standard InChI is InChI=1S/C13H16N4O4/c18-11(14-7-3-1-6-12(19)20)9-17-13(21)16-8-4-2-5-10(16)15-17/h2,4-5,8H,1,3,6-7,9H2,(H,14,18)(H,19,20). The molecule has 8 nitrogen and oxygen atoms in total. The normalized spacial score (nSPS) is 10.7. The van der Waals surface area contributed by atoms with Crippen LogP contribution in [0, 0.1) is 0 Å². The number of aliphatic carboxylic acids is 1. The Morgan fingerprint density at radius 3 is 2.81 bits per heavy atom. The number of nitrogens with zero attached hydrogens (tertiary/aromatic N) is 3. The van der Waals surface area contributed by atoms with Gasteiger partial charge in [-0.3, -0.25) is 14.0 Å². The highest BCUT2D eigenvalue weighted by Crippen LogP contribution is 1.95. The number of rotatable bonds is 7. The molecule has 0 aliphatic carbocycles. The van der Waals surface area contributed by atoms with Crippen LogP contribution >= 0.6 is 0 Å². The molecule has 0 radical (unpaired) electrons. The molecule has 0 spiro atoms. The number of aromatic nitrogens is 3. The Balaban J connectivity index is 1.86. The van der Waals surface area contributed by atoms with E-state index < -0.39 is 5.97 Å². The van der Waals surface area contributed by atoms with Crippen LogP contribution in [0.15, 0.2) is 29.2 Å². The molecule has 0 unspecified atom stereocenters. The van der Waals surface area contributed by atoms with Gasteiger partial charge in [-0.1, -0.05) is 6.07 Å². The van der Waals surface area contributed by atoms with Gasteiger partial charge in [-0.05, 0) is 25.0 Å². The number of carbonyl (C=O) groups excluding carboxylic acids is 1. The first kappa shape index (κ1) is 14.8. The van der Waals surface area contributed by atoms with Crippen LogP contribution in [-0.4, -0.2) is 37.7 Å². The zero-order valence-electron chi connectivity index (χ0n) is 11.4. The molecule has 1 amide bonds. The second-order valence-electron chi connectivity index (χ2n) is 4.57. The number of hydrogen-bond donors (Lipinski definition) is 2. The van der Waals surface area contributed by atoms with E-state index >= 15 is 0 Å². The number of carboxylic acids is 1. The van der Waals surface area contributed by atoms with Gasteiger partial charge in [0.05, 0.1) is 0 Å². The number of amides is 1. The molecule has 2 aromatic heterocycles. The smallest absolute Gasteiger partial charge is 0.350 e. The second-order valence-corrected chi connectivity index (χ2v) is 4.57. The van der Waals surface area contributed by atoms with E-state index in [1.807, 2.05) is 0 Å². The lowest BCUT2D eigenvalue weighted by atomic mass is 10.2. The van der Waals surface area contributed by atoms with E-state index in [2.05, 4.69) is 10.4 Å². The molecule has 2 aromatic rings. The summed E-state index contributed by atoms with van der Waals surface area (Å²) in [5.74, 6) is -1.17. The Labute approximate surface area is 120 Å². The monoisotopic (exact) mass is 292 g/mol. The van der Waals surface area contributed by atoms with Gasteiger partial charge in [0.2, 0.25) is 5.91 Å². The highest BCUT2D eigenvalue weighted by Gasteiger charge is 2.09. The van der Waals surface area contributed by atoms with Gasteiger partial charge in [0.25, 0.3) is 0 Å². The van der Waals surface area contributed by atoms with Crippen LogP contribution in [0.3, 0.4) is 0 Å². The highest BCUT2D eigenvalue weighted by molar-refractivity contribution is 5.75. The van der Waals surface area contributed by atoms with Crippen molar-refractivity contribution in [3.63, 3.8) is 0 Å². The summed E-state index contributed by atoms with van der Waals surface area (Å²) in [6.45, 7) is 0.230. The largest absolute Gasteiger partial charge is 0.481 e. The molecule has 0 aromatic carbocycles. The first-order chi connectivity index (χ1) is 10.1. The summed E-state index contributed by atoms with van der Waals surface area (Å²) < 4.78 is 2.46. The van der Waals surface area contributed by atoms with Crippen LogP contribution in [0.25, 0.3) is 5.65 Å². The molecular formula is C13H16N4O4. The lowest BCUT2D eigenvalue weighted by molar-refractivity contribution is -0.137. The summed E-state index contributed by atoms with van der Waals surface area (Å²) >= 11 is 0. The lowest BCUT2D eigenvalue weighted by Gasteiger charge is -2.03. The number of carboxylic acid groups (broad SMARTS) is 1. The molecular weight excluding hydrogens is 276 g/mol. The molecule has 0 saturated heterocycles. The summed E-state index contributed by atoms with van der Waals surface area (Å²) in [5.41, 5.74) is 0.114. The van der Waals surface area contributed by atoms with Crippen molar-refractivity contribution in [1.29, 1.82) is 0 Å². The van der Waals surface area contributed by atoms with Gasteiger partial charge in [0.1, 0.15) is 6.54 Å². The van der Waals surface area contributed by atoms with Crippen molar-refractivity contribution >= 4 is 17.5 Å². The van der Waals surface area contributed by atoms with Crippen molar-refractivity contribution in [2.75, 3.05) is 6.54 Å². The molecule has 0 aliphatic rings. The number of unbranched alkanes of at least 4 members (excludes halogenated alkanes) is 1. The molecule has 0 saturated carbocycles. The Hall–Kier alpha value is -2.64. The number of nitrogens with one attached hydrogen (secondary N) is 1. The van der Waals surface area contributed by atoms with Gasteiger partial charge in [-0.2, -0.15) is 0 Å². The number of carbonyl (C=O) groups is 2. The Morgan fingerprint density at radius 2 is 2.10 bits per heavy atom. The fourth-order valence-electron chi connectivity index (χ4n) is 1.89. The molecule has 0 aliphatic heterocycles. The molecule has 2 rings (SSSR count). The van der Waals surface area contributed by atoms with Crippen LogP contribution < -0.4 is 11.0 Å². The minimum Gasteiger partial charge on any atom is -0.481 e. The summed E-state index contributed by atoms with van der Waals surface area (Å²) in [5, 5.41) is 15.2. The van der Waals surface area contributed by atoms with E-state index in [4.69, 9.17) is 5.11 Å². The summed E-state index contributed by atoms with van der Waals surface area (Å²) in [4.78, 5) is 34.0. The summed E-state index contributed by atoms with van der Waals surface area (Å²) in [6, 6.07) is 5.15. The van der Waals surface area contributed by atoms with Crippen molar-refractivity contribution in [3.8, 4) is 0 Å². The van der Waals surface area contributed by atoms with Crippen LogP contribution in [0.4, 0.5) is 0 Å². The third kappa shape index (κ3) is 3.91. The van der Waals surface area contributed by atoms with Crippen molar-refractivity contribution in [3.05, 3.63) is 34.9 Å². The Kier molecular flexibility index (Phi) is 4.70. The van der Waals surface area contributed by atoms with Crippen LogP contribution in [0.1, 0.15) is 19.3 Å². The molecule has 0 bridgehead atoms. The molecule has 0 atom stereocenters. The fourth-order valence-corrected chi connectivity index (χ4v) is 1.89. The first-order valence-electron chi connectivity index (χ1n) is 6.60. The quantitative estimate of drug-likeness (QED) is 0.691. The van der Waals surface area contributed by atoms with Crippen molar-refractivity contribution in [2.24, 2.45) is 0 Å². The van der Waals surface area contributed by atoms with Gasteiger partial charge in [-0.15, -0.1) is 5.10 Å². The average molecular weight is 292 g/mol. The zero-order chi connectivity index (χ0) is 15.2. The maximum absolute atomic E-state index is 11.9. The predicted molar refractivity (Wildman–Crippen MR) is 73.9 cm³/mol. The fraction of sp³-hybridized carbons (Fsp3) is 0.385. The first-order valence-corrected chi connectivity index (χ1v) is 6.60. The van der Waals surface area contributed by atoms with Gasteiger partial charge in [0, 0.05) is 19.2 Å². The number of hydrogen-bond acceptors (Lipinski definition) is 4. The predicted octanol–water partition coefficient (Wildman–Crippen LogP) is -0.133. The SMILES string of the molecule is O=C(O)CCCCNC(=O)Cn1nc2ccccn2c1=O. The molecule has 2 heterocycles. The molecule has 0 fully saturated rings.